The van der Waals surface area contributed by atoms with Gasteiger partial charge in [-0.3, -0.25) is 9.59 Å². The van der Waals surface area contributed by atoms with Crippen LogP contribution in [0.25, 0.3) is 0 Å². The lowest BCUT2D eigenvalue weighted by molar-refractivity contribution is -0.398. The van der Waals surface area contributed by atoms with Gasteiger partial charge in [0.2, 0.25) is 0 Å². The van der Waals surface area contributed by atoms with Crippen molar-refractivity contribution < 1.29 is 58.1 Å². The van der Waals surface area contributed by atoms with E-state index in [1.54, 1.807) is 6.92 Å². The highest BCUT2D eigenvalue weighted by atomic mass is 16.8. The summed E-state index contributed by atoms with van der Waals surface area (Å²) in [6, 6.07) is -0.734. The summed E-state index contributed by atoms with van der Waals surface area (Å²) in [5.74, 6) is -6.09. The molecule has 61 heavy (non-hydrogen) atoms. The minimum Gasteiger partial charge on any atom is -0.481 e. The lowest BCUT2D eigenvalue weighted by atomic mass is 9.72. The molecule has 13 heteroatoms. The molecule has 1 amide bonds. The molecule has 350 valence electrons. The molecule has 0 aromatic rings. The first kappa shape index (κ1) is 49.9. The molecule has 13 nitrogen and oxygen atoms in total. The minimum atomic E-state index is -1.37. The Hall–Kier alpha value is -2.13. The fourth-order valence-electron chi connectivity index (χ4n) is 11.1. The molecule has 4 saturated heterocycles. The molecule has 0 aliphatic carbocycles. The van der Waals surface area contributed by atoms with Crippen molar-refractivity contribution in [2.75, 3.05) is 6.61 Å². The van der Waals surface area contributed by atoms with Crippen LogP contribution in [0.15, 0.2) is 12.2 Å². The number of ether oxygens (including phenoxy) is 6. The monoisotopic (exact) mass is 864 g/mol. The number of carbonyl (C=O) groups excluding carboxylic acids is 2. The summed E-state index contributed by atoms with van der Waals surface area (Å²) in [7, 11) is 0. The van der Waals surface area contributed by atoms with E-state index < -0.39 is 95.1 Å². The number of carboxylic acids is 1. The Labute approximate surface area is 365 Å². The van der Waals surface area contributed by atoms with E-state index in [1.165, 1.54) is 0 Å². The van der Waals surface area contributed by atoms with Crippen molar-refractivity contribution in [3.63, 3.8) is 0 Å². The predicted molar refractivity (Wildman–Crippen MR) is 230 cm³/mol. The molecule has 2 spiro atoms. The molecule has 3 unspecified atom stereocenters. The number of Topliss-reactive ketones (excluding diaryl/α,β-unsaturated/α-hetero) is 1. The highest BCUT2D eigenvalue weighted by Crippen LogP contribution is 2.54. The highest BCUT2D eigenvalue weighted by molar-refractivity contribution is 5.84. The number of ketones is 1. The van der Waals surface area contributed by atoms with Gasteiger partial charge in [0.15, 0.2) is 11.6 Å². The molecule has 5 aliphatic heterocycles. The van der Waals surface area contributed by atoms with Gasteiger partial charge >= 0.3 is 12.1 Å². The van der Waals surface area contributed by atoms with Crippen molar-refractivity contribution in [3.8, 4) is 0 Å². The van der Waals surface area contributed by atoms with E-state index in [0.29, 0.717) is 57.8 Å². The second-order valence-electron chi connectivity index (χ2n) is 21.2. The van der Waals surface area contributed by atoms with Gasteiger partial charge in [0, 0.05) is 30.1 Å². The lowest BCUT2D eigenvalue weighted by Crippen LogP contribution is -2.65. The Morgan fingerprint density at radius 1 is 0.902 bits per heavy atom. The van der Waals surface area contributed by atoms with Crippen LogP contribution in [0.1, 0.15) is 154 Å². The molecule has 0 bridgehead atoms. The summed E-state index contributed by atoms with van der Waals surface area (Å²) < 4.78 is 40.1. The van der Waals surface area contributed by atoms with Gasteiger partial charge in [0.05, 0.1) is 60.4 Å². The van der Waals surface area contributed by atoms with Crippen LogP contribution < -0.4 is 5.32 Å². The van der Waals surface area contributed by atoms with Gasteiger partial charge in [0.1, 0.15) is 11.8 Å². The average molecular weight is 864 g/mol. The standard InChI is InChI=1S/C48H81NO12/c1-14-33(42(52)53)35-18-17-27(4)40(58-35)31(8)38(50)30(7)39(51)34(15-2)41-28(5)25-29(6)47(59-41)22-19-36(49-43(54)56-26-44(10,11)12)48(61-47)24-23-45(13,60-48)37-20-21-46(55,16-3)32(9)57-37/h19,22,27-38,40-41,50,55H,14-18,20-21,23-26H2,1-13H3,(H,49,54)(H,52,53)/t27-,28-,29+,30-,31-,32-,33?,34?,35+,36?,37+,38+,40+,41-,45-,46+,47-,48-/m0/s1. The second-order valence-corrected chi connectivity index (χ2v) is 21.2. The second kappa shape index (κ2) is 19.1. The molecule has 0 aromatic carbocycles. The number of rotatable bonds is 14. The molecular weight excluding hydrogens is 783 g/mol. The molecule has 0 radical (unpaired) electrons. The van der Waals surface area contributed by atoms with E-state index in [9.17, 15) is 29.7 Å². The van der Waals surface area contributed by atoms with E-state index >= 15 is 0 Å². The van der Waals surface area contributed by atoms with Crippen LogP contribution in [-0.4, -0.2) is 105 Å². The van der Waals surface area contributed by atoms with Gasteiger partial charge in [-0.15, -0.1) is 0 Å². The summed E-state index contributed by atoms with van der Waals surface area (Å²) in [6.07, 6.45) is 5.78. The number of nitrogens with one attached hydrogen (secondary N) is 1. The highest BCUT2D eigenvalue weighted by Gasteiger charge is 2.63. The number of hydrogen-bond donors (Lipinski definition) is 4. The number of alkyl carbamates (subject to hydrolysis) is 1. The number of carboxylic acid groups (broad SMARTS) is 1. The predicted octanol–water partition coefficient (Wildman–Crippen LogP) is 7.97. The van der Waals surface area contributed by atoms with Crippen LogP contribution in [0.2, 0.25) is 0 Å². The van der Waals surface area contributed by atoms with Crippen LogP contribution in [0.3, 0.4) is 0 Å². The number of hydrogen-bond acceptors (Lipinski definition) is 11. The summed E-state index contributed by atoms with van der Waals surface area (Å²) in [6.45, 7) is 25.8. The van der Waals surface area contributed by atoms with Crippen molar-refractivity contribution >= 4 is 17.8 Å². The maximum absolute atomic E-state index is 14.7. The maximum atomic E-state index is 14.7. The smallest absolute Gasteiger partial charge is 0.407 e. The molecule has 5 rings (SSSR count). The fraction of sp³-hybridized carbons (Fsp3) is 0.896. The van der Waals surface area contributed by atoms with E-state index in [4.69, 9.17) is 28.4 Å². The first-order chi connectivity index (χ1) is 28.4. The number of aliphatic hydroxyl groups is 2. The van der Waals surface area contributed by atoms with Gasteiger partial charge in [-0.25, -0.2) is 4.79 Å². The summed E-state index contributed by atoms with van der Waals surface area (Å²) in [4.78, 5) is 40.0. The molecule has 5 aliphatic rings. The van der Waals surface area contributed by atoms with E-state index in [1.807, 2.05) is 74.5 Å². The molecule has 0 saturated carbocycles. The summed E-state index contributed by atoms with van der Waals surface area (Å²) >= 11 is 0. The molecule has 18 atom stereocenters. The lowest BCUT2D eigenvalue weighted by Gasteiger charge is -2.55. The first-order valence-electron chi connectivity index (χ1n) is 23.6. The van der Waals surface area contributed by atoms with Crippen LogP contribution in [-0.2, 0) is 38.0 Å². The topological polar surface area (TPSA) is 179 Å². The minimum absolute atomic E-state index is 0.0267. The first-order valence-corrected chi connectivity index (χ1v) is 23.6. The molecule has 4 fully saturated rings. The fourth-order valence-corrected chi connectivity index (χ4v) is 11.1. The van der Waals surface area contributed by atoms with Crippen molar-refractivity contribution in [2.45, 2.75) is 220 Å². The van der Waals surface area contributed by atoms with Gasteiger partial charge < -0.3 is 49.1 Å². The van der Waals surface area contributed by atoms with Crippen LogP contribution in [0.4, 0.5) is 4.79 Å². The van der Waals surface area contributed by atoms with Crippen molar-refractivity contribution in [3.05, 3.63) is 12.2 Å². The third-order valence-electron chi connectivity index (χ3n) is 15.4. The van der Waals surface area contributed by atoms with Crippen molar-refractivity contribution in [2.24, 2.45) is 46.8 Å². The normalized spacial score (nSPS) is 41.8. The average Bonchev–Trinajstić information content (AvgIpc) is 3.54. The zero-order valence-electron chi connectivity index (χ0n) is 39.5. The molecule has 0 aromatic heterocycles. The molecular formula is C48H81NO12. The van der Waals surface area contributed by atoms with Crippen LogP contribution in [0, 0.1) is 46.8 Å². The Balaban J connectivity index is 1.39. The van der Waals surface area contributed by atoms with E-state index in [0.717, 1.165) is 6.42 Å². The van der Waals surface area contributed by atoms with Gasteiger partial charge in [-0.05, 0) is 95.0 Å². The molecule has 4 N–H and O–H groups in total. The summed E-state index contributed by atoms with van der Waals surface area (Å²) in [5, 5.41) is 36.0. The number of aliphatic carboxylic acids is 1. The third-order valence-corrected chi connectivity index (χ3v) is 15.4. The van der Waals surface area contributed by atoms with Gasteiger partial charge in [0.25, 0.3) is 0 Å². The van der Waals surface area contributed by atoms with Gasteiger partial charge in [-0.2, -0.15) is 0 Å². The van der Waals surface area contributed by atoms with Crippen LogP contribution in [0.5, 0.6) is 0 Å². The Morgan fingerprint density at radius 2 is 1.57 bits per heavy atom. The van der Waals surface area contributed by atoms with Crippen molar-refractivity contribution in [1.82, 2.24) is 5.32 Å². The maximum Gasteiger partial charge on any atom is 0.407 e. The van der Waals surface area contributed by atoms with Crippen LogP contribution >= 0.6 is 0 Å². The largest absolute Gasteiger partial charge is 0.481 e. The van der Waals surface area contributed by atoms with E-state index in [-0.39, 0.29) is 41.7 Å². The van der Waals surface area contributed by atoms with E-state index in [2.05, 4.69) is 26.1 Å². The number of carbonyl (C=O) groups is 3. The van der Waals surface area contributed by atoms with Crippen molar-refractivity contribution in [1.29, 1.82) is 0 Å². The zero-order chi connectivity index (χ0) is 45.5. The number of amides is 1. The van der Waals surface area contributed by atoms with Gasteiger partial charge in [-0.1, -0.05) is 82.2 Å². The molecule has 5 heterocycles. The SMILES string of the molecule is CCC(C(=O)[C@@H](C)[C@@H](O)[C@H](C)[C@@H]1O[C@@H](C(CC)C(=O)O)CC[C@@H]1C)[C@H]1O[C@]2(C=CC(NC(=O)OCC(C)(C)C)[C@]3(CC[C@@](C)([C@H]4CC[C@](O)(CC)[C@H](C)O4)O3)O2)[C@H](C)C[C@@H]1C. The summed E-state index contributed by atoms with van der Waals surface area (Å²) in [5.41, 5.74) is -1.97. The Kier molecular flexibility index (Phi) is 15.7. The Bertz CT molecular complexity index is 1570. The zero-order valence-corrected chi connectivity index (χ0v) is 39.5. The quantitative estimate of drug-likeness (QED) is 0.124. The third kappa shape index (κ3) is 10.4. The Morgan fingerprint density at radius 3 is 2.16 bits per heavy atom. The number of aliphatic hydroxyl groups excluding tert-OH is 1.